The van der Waals surface area contributed by atoms with Gasteiger partial charge in [-0.3, -0.25) is 19.9 Å². The first kappa shape index (κ1) is 15.1. The molecule has 0 bridgehead atoms. The highest BCUT2D eigenvalue weighted by molar-refractivity contribution is 9.10. The Hall–Kier alpha value is -1.32. The standard InChI is InChI=1S/C11H12BrN3O4S/c1-2-9-11(17)14-10(16)6-15(9)20(18,19)8-3-7(12)4-13-5-8/h3-5,9H,2,6H2,1H3,(H,14,16,17). The lowest BCUT2D eigenvalue weighted by Gasteiger charge is -2.32. The van der Waals surface area contributed by atoms with Crippen molar-refractivity contribution in [2.75, 3.05) is 6.54 Å². The molecule has 2 rings (SSSR count). The van der Waals surface area contributed by atoms with E-state index in [-0.39, 0.29) is 17.9 Å². The molecule has 1 atom stereocenters. The van der Waals surface area contributed by atoms with Gasteiger partial charge in [0.1, 0.15) is 10.9 Å². The van der Waals surface area contributed by atoms with Gasteiger partial charge in [-0.15, -0.1) is 0 Å². The lowest BCUT2D eigenvalue weighted by atomic mass is 10.2. The fourth-order valence-corrected chi connectivity index (χ4v) is 4.08. The Bertz CT molecular complexity index is 661. The van der Waals surface area contributed by atoms with Crippen LogP contribution in [-0.4, -0.2) is 42.1 Å². The van der Waals surface area contributed by atoms with E-state index in [9.17, 15) is 18.0 Å². The molecule has 1 fully saturated rings. The Kier molecular flexibility index (Phi) is 4.21. The van der Waals surface area contributed by atoms with Crippen molar-refractivity contribution < 1.29 is 18.0 Å². The van der Waals surface area contributed by atoms with Gasteiger partial charge < -0.3 is 0 Å². The van der Waals surface area contributed by atoms with Gasteiger partial charge in [0.15, 0.2) is 0 Å². The summed E-state index contributed by atoms with van der Waals surface area (Å²) in [5.41, 5.74) is 0. The molecule has 2 heterocycles. The van der Waals surface area contributed by atoms with E-state index in [2.05, 4.69) is 26.2 Å². The molecule has 1 saturated heterocycles. The normalized spacial score (nSPS) is 20.8. The topological polar surface area (TPSA) is 96.4 Å². The molecule has 20 heavy (non-hydrogen) atoms. The molecule has 2 amide bonds. The fourth-order valence-electron chi connectivity index (χ4n) is 1.95. The van der Waals surface area contributed by atoms with Gasteiger partial charge in [0.05, 0.1) is 6.54 Å². The molecule has 1 N–H and O–H groups in total. The van der Waals surface area contributed by atoms with E-state index in [0.29, 0.717) is 4.47 Å². The minimum Gasteiger partial charge on any atom is -0.294 e. The van der Waals surface area contributed by atoms with Crippen LogP contribution in [0.1, 0.15) is 13.3 Å². The number of halogens is 1. The zero-order valence-corrected chi connectivity index (χ0v) is 12.9. The predicted octanol–water partition coefficient (Wildman–Crippen LogP) is 0.270. The maximum atomic E-state index is 12.5. The van der Waals surface area contributed by atoms with Crippen molar-refractivity contribution in [2.24, 2.45) is 0 Å². The lowest BCUT2D eigenvalue weighted by Crippen LogP contribution is -2.59. The third-order valence-electron chi connectivity index (χ3n) is 2.89. The Morgan fingerprint density at radius 2 is 2.15 bits per heavy atom. The number of sulfonamides is 1. The molecule has 0 aliphatic carbocycles. The van der Waals surface area contributed by atoms with Gasteiger partial charge >= 0.3 is 0 Å². The lowest BCUT2D eigenvalue weighted by molar-refractivity contribution is -0.137. The highest BCUT2D eigenvalue weighted by Crippen LogP contribution is 2.23. The second kappa shape index (κ2) is 5.58. The Morgan fingerprint density at radius 3 is 2.75 bits per heavy atom. The first-order valence-corrected chi connectivity index (χ1v) is 8.05. The number of amides is 2. The highest BCUT2D eigenvalue weighted by atomic mass is 79.9. The fraction of sp³-hybridized carbons (Fsp3) is 0.364. The van der Waals surface area contributed by atoms with E-state index in [1.165, 1.54) is 18.5 Å². The number of carbonyl (C=O) groups is 2. The van der Waals surface area contributed by atoms with Crippen LogP contribution in [0.2, 0.25) is 0 Å². The van der Waals surface area contributed by atoms with Crippen molar-refractivity contribution in [1.82, 2.24) is 14.6 Å². The van der Waals surface area contributed by atoms with Crippen molar-refractivity contribution in [2.45, 2.75) is 24.3 Å². The summed E-state index contributed by atoms with van der Waals surface area (Å²) in [6.45, 7) is 1.31. The van der Waals surface area contributed by atoms with Crippen LogP contribution >= 0.6 is 15.9 Å². The van der Waals surface area contributed by atoms with E-state index >= 15 is 0 Å². The van der Waals surface area contributed by atoms with Crippen LogP contribution in [-0.2, 0) is 19.6 Å². The number of hydrogen-bond acceptors (Lipinski definition) is 5. The maximum absolute atomic E-state index is 12.5. The monoisotopic (exact) mass is 361 g/mol. The zero-order chi connectivity index (χ0) is 14.9. The van der Waals surface area contributed by atoms with Crippen molar-refractivity contribution in [3.63, 3.8) is 0 Å². The van der Waals surface area contributed by atoms with E-state index in [1.54, 1.807) is 6.92 Å². The molecule has 1 aliphatic heterocycles. The molecule has 0 spiro atoms. The number of piperazine rings is 1. The van der Waals surface area contributed by atoms with E-state index in [4.69, 9.17) is 0 Å². The molecule has 0 radical (unpaired) electrons. The van der Waals surface area contributed by atoms with Crippen LogP contribution in [0.25, 0.3) is 0 Å². The molecule has 1 aromatic rings. The average molecular weight is 362 g/mol. The molecular formula is C11H12BrN3O4S. The third-order valence-corrected chi connectivity index (χ3v) is 5.14. The van der Waals surface area contributed by atoms with Gasteiger partial charge in [-0.1, -0.05) is 6.92 Å². The molecule has 7 nitrogen and oxygen atoms in total. The number of imide groups is 1. The molecule has 0 saturated carbocycles. The van der Waals surface area contributed by atoms with Crippen LogP contribution in [0.5, 0.6) is 0 Å². The van der Waals surface area contributed by atoms with Crippen LogP contribution < -0.4 is 5.32 Å². The van der Waals surface area contributed by atoms with Gasteiger partial charge in [0.2, 0.25) is 21.8 Å². The number of pyridine rings is 1. The summed E-state index contributed by atoms with van der Waals surface area (Å²) in [5, 5.41) is 2.14. The van der Waals surface area contributed by atoms with Crippen LogP contribution in [0.4, 0.5) is 0 Å². The van der Waals surface area contributed by atoms with Gasteiger partial charge in [0.25, 0.3) is 0 Å². The van der Waals surface area contributed by atoms with Gasteiger partial charge in [-0.05, 0) is 28.4 Å². The minimum atomic E-state index is -3.95. The first-order chi connectivity index (χ1) is 9.36. The van der Waals surface area contributed by atoms with Crippen LogP contribution in [0, 0.1) is 0 Å². The van der Waals surface area contributed by atoms with Gasteiger partial charge in [-0.25, -0.2) is 8.42 Å². The molecule has 1 aromatic heterocycles. The Labute approximate surface area is 124 Å². The second-order valence-electron chi connectivity index (χ2n) is 4.23. The van der Waals surface area contributed by atoms with Crippen LogP contribution in [0.15, 0.2) is 27.8 Å². The minimum absolute atomic E-state index is 0.0622. The summed E-state index contributed by atoms with van der Waals surface area (Å²) < 4.78 is 26.5. The molecule has 9 heteroatoms. The Morgan fingerprint density at radius 1 is 1.45 bits per heavy atom. The van der Waals surface area contributed by atoms with Gasteiger partial charge in [0, 0.05) is 16.9 Å². The zero-order valence-electron chi connectivity index (χ0n) is 10.5. The third kappa shape index (κ3) is 2.74. The summed E-state index contributed by atoms with van der Waals surface area (Å²) in [7, 11) is -3.95. The molecular weight excluding hydrogens is 350 g/mol. The number of aromatic nitrogens is 1. The number of hydrogen-bond donors (Lipinski definition) is 1. The Balaban J connectivity index is 2.46. The maximum Gasteiger partial charge on any atom is 0.245 e. The predicted molar refractivity (Wildman–Crippen MR) is 73.1 cm³/mol. The molecule has 1 unspecified atom stereocenters. The molecule has 108 valence electrons. The van der Waals surface area contributed by atoms with Gasteiger partial charge in [-0.2, -0.15) is 4.31 Å². The molecule has 1 aliphatic rings. The summed E-state index contributed by atoms with van der Waals surface area (Å²) in [5.74, 6) is -1.23. The largest absolute Gasteiger partial charge is 0.294 e. The van der Waals surface area contributed by atoms with E-state index < -0.39 is 27.9 Å². The first-order valence-electron chi connectivity index (χ1n) is 5.82. The van der Waals surface area contributed by atoms with Crippen molar-refractivity contribution in [1.29, 1.82) is 0 Å². The summed E-state index contributed by atoms with van der Waals surface area (Å²) in [4.78, 5) is 26.9. The summed E-state index contributed by atoms with van der Waals surface area (Å²) in [6.07, 6.45) is 2.91. The number of nitrogens with zero attached hydrogens (tertiary/aromatic N) is 2. The van der Waals surface area contributed by atoms with Crippen LogP contribution in [0.3, 0.4) is 0 Å². The number of rotatable bonds is 3. The van der Waals surface area contributed by atoms with Crippen molar-refractivity contribution in [3.05, 3.63) is 22.9 Å². The molecule has 0 aromatic carbocycles. The number of nitrogens with one attached hydrogen (secondary N) is 1. The van der Waals surface area contributed by atoms with Crippen molar-refractivity contribution >= 4 is 37.8 Å². The second-order valence-corrected chi connectivity index (χ2v) is 7.03. The quantitative estimate of drug-likeness (QED) is 0.779. The SMILES string of the molecule is CCC1C(=O)NC(=O)CN1S(=O)(=O)c1cncc(Br)c1. The summed E-state index contributed by atoms with van der Waals surface area (Å²) in [6, 6.07) is 0.489. The van der Waals surface area contributed by atoms with Crippen molar-refractivity contribution in [3.8, 4) is 0 Å². The average Bonchev–Trinajstić information content (AvgIpc) is 2.38. The smallest absolute Gasteiger partial charge is 0.245 e. The summed E-state index contributed by atoms with van der Waals surface area (Å²) >= 11 is 3.14. The van der Waals surface area contributed by atoms with E-state index in [1.807, 2.05) is 0 Å². The number of carbonyl (C=O) groups excluding carboxylic acids is 2. The van der Waals surface area contributed by atoms with E-state index in [0.717, 1.165) is 4.31 Å². The highest BCUT2D eigenvalue weighted by Gasteiger charge is 2.40.